The normalized spacial score (nSPS) is 13.3. The smallest absolute Gasteiger partial charge is 0.338 e. The summed E-state index contributed by atoms with van der Waals surface area (Å²) in [5.41, 5.74) is 3.31. The molecule has 0 bridgehead atoms. The Balaban J connectivity index is 1.62. The van der Waals surface area contributed by atoms with Gasteiger partial charge in [0.2, 0.25) is 11.7 Å². The molecule has 3 rings (SSSR count). The number of hydrogen-bond donors (Lipinski definition) is 1. The first kappa shape index (κ1) is 18.9. The fourth-order valence-corrected chi connectivity index (χ4v) is 3.18. The summed E-state index contributed by atoms with van der Waals surface area (Å²) < 4.78 is 7.23. The maximum atomic E-state index is 12.4. The second-order valence-electron chi connectivity index (χ2n) is 6.87. The molecule has 1 heterocycles. The number of Topliss-reactive ketones (excluding diaryl/α,β-unsaturated/α-hetero) is 1. The number of aryl methyl sites for hydroxylation is 1. The highest BCUT2D eigenvalue weighted by atomic mass is 16.5. The fourth-order valence-electron chi connectivity index (χ4n) is 3.18. The highest BCUT2D eigenvalue weighted by Gasteiger charge is 2.29. The lowest BCUT2D eigenvalue weighted by molar-refractivity contribution is -0.117. The molecule has 1 amide bonds. The van der Waals surface area contributed by atoms with Crippen LogP contribution in [0.25, 0.3) is 0 Å². The van der Waals surface area contributed by atoms with E-state index in [4.69, 9.17) is 4.74 Å². The number of carbonyl (C=O) groups excluding carboxylic acids is 3. The van der Waals surface area contributed by atoms with Crippen molar-refractivity contribution in [2.24, 2.45) is 5.92 Å². The van der Waals surface area contributed by atoms with Crippen molar-refractivity contribution in [2.45, 2.75) is 40.2 Å². The van der Waals surface area contributed by atoms with Crippen LogP contribution >= 0.6 is 0 Å². The van der Waals surface area contributed by atoms with E-state index >= 15 is 0 Å². The minimum atomic E-state index is -0.588. The Morgan fingerprint density at radius 2 is 1.93 bits per heavy atom. The first-order chi connectivity index (χ1) is 12.9. The van der Waals surface area contributed by atoms with E-state index in [-0.39, 0.29) is 24.2 Å². The minimum Gasteiger partial charge on any atom is -0.454 e. The van der Waals surface area contributed by atoms with Crippen LogP contribution < -0.4 is 5.32 Å². The van der Waals surface area contributed by atoms with Crippen molar-refractivity contribution in [3.05, 3.63) is 52.8 Å². The molecule has 2 aromatic rings. The number of hydrogen-bond acceptors (Lipinski definition) is 4. The third-order valence-electron chi connectivity index (χ3n) is 4.84. The Kier molecular flexibility index (Phi) is 5.44. The van der Waals surface area contributed by atoms with Crippen LogP contribution in [0.4, 0.5) is 5.69 Å². The summed E-state index contributed by atoms with van der Waals surface area (Å²) in [4.78, 5) is 36.6. The molecular weight excluding hydrogens is 344 g/mol. The number of benzene rings is 1. The number of aromatic nitrogens is 1. The summed E-state index contributed by atoms with van der Waals surface area (Å²) in [5.74, 6) is -0.758. The molecule has 0 spiro atoms. The Hall–Kier alpha value is -2.89. The Morgan fingerprint density at radius 1 is 1.19 bits per heavy atom. The van der Waals surface area contributed by atoms with Crippen LogP contribution in [0.15, 0.2) is 30.3 Å². The van der Waals surface area contributed by atoms with E-state index in [9.17, 15) is 14.4 Å². The third-order valence-corrected chi connectivity index (χ3v) is 4.84. The van der Waals surface area contributed by atoms with Gasteiger partial charge in [-0.15, -0.1) is 0 Å². The lowest BCUT2D eigenvalue weighted by Crippen LogP contribution is -2.16. The number of rotatable bonds is 7. The van der Waals surface area contributed by atoms with Gasteiger partial charge in [-0.3, -0.25) is 9.59 Å². The second kappa shape index (κ2) is 7.78. The molecule has 1 aliphatic carbocycles. The predicted molar refractivity (Wildman–Crippen MR) is 102 cm³/mol. The largest absolute Gasteiger partial charge is 0.454 e. The lowest BCUT2D eigenvalue weighted by Gasteiger charge is -2.08. The maximum absolute atomic E-state index is 12.4. The van der Waals surface area contributed by atoms with E-state index in [1.165, 1.54) is 0 Å². The van der Waals surface area contributed by atoms with Crippen LogP contribution in [-0.4, -0.2) is 28.8 Å². The average Bonchev–Trinajstić information content (AvgIpc) is 3.45. The van der Waals surface area contributed by atoms with Gasteiger partial charge < -0.3 is 14.6 Å². The molecule has 0 saturated heterocycles. The van der Waals surface area contributed by atoms with Crippen molar-refractivity contribution >= 4 is 23.3 Å². The summed E-state index contributed by atoms with van der Waals surface area (Å²) in [6.07, 6.45) is 1.82. The van der Waals surface area contributed by atoms with Crippen molar-refractivity contribution in [3.8, 4) is 0 Å². The molecule has 1 aromatic carbocycles. The van der Waals surface area contributed by atoms with E-state index in [2.05, 4.69) is 5.32 Å². The van der Waals surface area contributed by atoms with Gasteiger partial charge in [-0.2, -0.15) is 0 Å². The second-order valence-corrected chi connectivity index (χ2v) is 6.87. The topological polar surface area (TPSA) is 77.4 Å². The summed E-state index contributed by atoms with van der Waals surface area (Å²) in [6, 6.07) is 8.39. The van der Waals surface area contributed by atoms with Crippen LogP contribution in [0.1, 0.15) is 51.9 Å². The molecule has 142 valence electrons. The number of nitrogens with zero attached hydrogens (tertiary/aromatic N) is 1. The highest BCUT2D eigenvalue weighted by Crippen LogP contribution is 2.30. The van der Waals surface area contributed by atoms with Gasteiger partial charge in [-0.05, 0) is 57.9 Å². The highest BCUT2D eigenvalue weighted by molar-refractivity contribution is 6.01. The number of esters is 1. The van der Waals surface area contributed by atoms with Crippen LogP contribution in [-0.2, 0) is 16.1 Å². The van der Waals surface area contributed by atoms with Crippen LogP contribution in [0.5, 0.6) is 0 Å². The molecule has 6 heteroatoms. The molecule has 0 radical (unpaired) electrons. The van der Waals surface area contributed by atoms with E-state index in [0.717, 1.165) is 30.8 Å². The zero-order valence-electron chi connectivity index (χ0n) is 15.9. The monoisotopic (exact) mass is 368 g/mol. The molecule has 1 saturated carbocycles. The summed E-state index contributed by atoms with van der Waals surface area (Å²) in [5, 5.41) is 2.80. The summed E-state index contributed by atoms with van der Waals surface area (Å²) in [7, 11) is 0. The molecule has 6 nitrogen and oxygen atoms in total. The quantitative estimate of drug-likeness (QED) is 0.599. The minimum absolute atomic E-state index is 0.0259. The standard InChI is InChI=1S/C21H24N2O4/c1-4-23-13(2)10-18(14(23)3)19(24)12-27-21(26)16-6-5-7-17(11-16)22-20(25)15-8-9-15/h5-7,10-11,15H,4,8-9,12H2,1-3H3,(H,22,25). The van der Waals surface area contributed by atoms with Crippen LogP contribution in [0.3, 0.4) is 0 Å². The number of nitrogens with one attached hydrogen (secondary N) is 1. The maximum Gasteiger partial charge on any atom is 0.338 e. The van der Waals surface area contributed by atoms with Gasteiger partial charge >= 0.3 is 5.97 Å². The molecule has 1 fully saturated rings. The molecule has 0 atom stereocenters. The predicted octanol–water partition coefficient (Wildman–Crippen LogP) is 3.51. The van der Waals surface area contributed by atoms with Gasteiger partial charge in [0, 0.05) is 35.1 Å². The molecule has 1 aliphatic rings. The molecule has 0 unspecified atom stereocenters. The van der Waals surface area contributed by atoms with E-state index in [1.54, 1.807) is 24.3 Å². The van der Waals surface area contributed by atoms with Crippen LogP contribution in [0, 0.1) is 19.8 Å². The number of amides is 1. The fraction of sp³-hybridized carbons (Fsp3) is 0.381. The van der Waals surface area contributed by atoms with Gasteiger partial charge in [0.25, 0.3) is 0 Å². The van der Waals surface area contributed by atoms with Gasteiger partial charge in [-0.1, -0.05) is 6.07 Å². The molecule has 1 aromatic heterocycles. The number of anilines is 1. The molecule has 1 N–H and O–H groups in total. The van der Waals surface area contributed by atoms with Crippen molar-refractivity contribution in [1.82, 2.24) is 4.57 Å². The Bertz CT molecular complexity index is 894. The number of ether oxygens (including phenoxy) is 1. The van der Waals surface area contributed by atoms with Gasteiger partial charge in [0.05, 0.1) is 5.56 Å². The number of ketones is 1. The first-order valence-corrected chi connectivity index (χ1v) is 9.18. The SMILES string of the molecule is CCn1c(C)cc(C(=O)COC(=O)c2cccc(NC(=O)C3CC3)c2)c1C. The van der Waals surface area contributed by atoms with Crippen molar-refractivity contribution in [1.29, 1.82) is 0 Å². The summed E-state index contributed by atoms with van der Waals surface area (Å²) in [6.45, 7) is 6.32. The molecule has 0 aliphatic heterocycles. The molecule has 27 heavy (non-hydrogen) atoms. The Labute approximate surface area is 158 Å². The van der Waals surface area contributed by atoms with E-state index in [1.807, 2.05) is 31.4 Å². The van der Waals surface area contributed by atoms with Crippen molar-refractivity contribution < 1.29 is 19.1 Å². The number of carbonyl (C=O) groups is 3. The van der Waals surface area contributed by atoms with Gasteiger partial charge in [0.1, 0.15) is 0 Å². The van der Waals surface area contributed by atoms with E-state index < -0.39 is 5.97 Å². The van der Waals surface area contributed by atoms with Crippen molar-refractivity contribution in [3.63, 3.8) is 0 Å². The zero-order chi connectivity index (χ0) is 19.6. The first-order valence-electron chi connectivity index (χ1n) is 9.18. The van der Waals surface area contributed by atoms with Gasteiger partial charge in [0.15, 0.2) is 6.61 Å². The van der Waals surface area contributed by atoms with E-state index in [0.29, 0.717) is 16.8 Å². The summed E-state index contributed by atoms with van der Waals surface area (Å²) >= 11 is 0. The zero-order valence-corrected chi connectivity index (χ0v) is 15.9. The average molecular weight is 368 g/mol. The van der Waals surface area contributed by atoms with Gasteiger partial charge in [-0.25, -0.2) is 4.79 Å². The van der Waals surface area contributed by atoms with Crippen LogP contribution in [0.2, 0.25) is 0 Å². The lowest BCUT2D eigenvalue weighted by atomic mass is 10.1. The Morgan fingerprint density at radius 3 is 2.56 bits per heavy atom. The van der Waals surface area contributed by atoms with Crippen molar-refractivity contribution in [2.75, 3.05) is 11.9 Å². The third kappa shape index (κ3) is 4.27. The molecular formula is C21H24N2O4.